The summed E-state index contributed by atoms with van der Waals surface area (Å²) < 4.78 is 5.40. The van der Waals surface area contributed by atoms with E-state index < -0.39 is 0 Å². The molecule has 1 aliphatic heterocycles. The highest BCUT2D eigenvalue weighted by Gasteiger charge is 2.21. The molecular weight excluding hydrogens is 290 g/mol. The summed E-state index contributed by atoms with van der Waals surface area (Å²) in [6, 6.07) is 12.6. The monoisotopic (exact) mass is 309 g/mol. The summed E-state index contributed by atoms with van der Waals surface area (Å²) >= 11 is 0. The molecule has 0 radical (unpaired) electrons. The molecule has 118 valence electrons. The average molecular weight is 309 g/mol. The quantitative estimate of drug-likeness (QED) is 0.642. The number of benzene rings is 2. The zero-order chi connectivity index (χ0) is 16.4. The van der Waals surface area contributed by atoms with Crippen LogP contribution in [0.4, 0.5) is 5.69 Å². The zero-order valence-electron chi connectivity index (χ0n) is 13.3. The maximum Gasteiger partial charge on any atom is 0.343 e. The molecule has 23 heavy (non-hydrogen) atoms. The first-order valence-electron chi connectivity index (χ1n) is 7.74. The van der Waals surface area contributed by atoms with Crippen molar-refractivity contribution in [1.29, 1.82) is 0 Å². The van der Waals surface area contributed by atoms with Gasteiger partial charge in [0.15, 0.2) is 0 Å². The smallest absolute Gasteiger partial charge is 0.343 e. The highest BCUT2D eigenvalue weighted by atomic mass is 16.5. The summed E-state index contributed by atoms with van der Waals surface area (Å²) in [5.41, 5.74) is 3.58. The Balaban J connectivity index is 1.71. The van der Waals surface area contributed by atoms with Crippen LogP contribution in [0.2, 0.25) is 0 Å². The molecule has 0 unspecified atom stereocenters. The number of esters is 1. The van der Waals surface area contributed by atoms with Crippen LogP contribution in [0.15, 0.2) is 42.5 Å². The van der Waals surface area contributed by atoms with E-state index in [9.17, 15) is 9.59 Å². The predicted molar refractivity (Wildman–Crippen MR) is 88.9 cm³/mol. The van der Waals surface area contributed by atoms with Gasteiger partial charge in [-0.1, -0.05) is 6.07 Å². The lowest BCUT2D eigenvalue weighted by Crippen LogP contribution is -2.23. The summed E-state index contributed by atoms with van der Waals surface area (Å²) in [5.74, 6) is 0.242. The topological polar surface area (TPSA) is 46.6 Å². The van der Waals surface area contributed by atoms with Crippen molar-refractivity contribution in [2.24, 2.45) is 0 Å². The minimum absolute atomic E-state index is 0.143. The van der Waals surface area contributed by atoms with Crippen LogP contribution in [0.1, 0.15) is 34.3 Å². The maximum absolute atomic E-state index is 12.2. The van der Waals surface area contributed by atoms with Gasteiger partial charge in [0.1, 0.15) is 5.75 Å². The number of hydrogen-bond donors (Lipinski definition) is 0. The second-order valence-electron chi connectivity index (χ2n) is 5.83. The number of ether oxygens (including phenoxy) is 1. The molecule has 4 heteroatoms. The average Bonchev–Trinajstić information content (AvgIpc) is 2.97. The zero-order valence-corrected chi connectivity index (χ0v) is 13.3. The SMILES string of the molecule is Cc1ccc(C(=O)Oc2ccc(N3CCCC3=O)cc2)cc1C. The summed E-state index contributed by atoms with van der Waals surface area (Å²) in [6.07, 6.45) is 1.49. The van der Waals surface area contributed by atoms with Crippen molar-refractivity contribution in [3.63, 3.8) is 0 Å². The van der Waals surface area contributed by atoms with E-state index in [0.29, 0.717) is 17.7 Å². The van der Waals surface area contributed by atoms with Crippen LogP contribution in [0, 0.1) is 13.8 Å². The lowest BCUT2D eigenvalue weighted by atomic mass is 10.1. The Bertz CT molecular complexity index is 750. The first kappa shape index (κ1) is 15.3. The largest absolute Gasteiger partial charge is 0.423 e. The minimum Gasteiger partial charge on any atom is -0.423 e. The summed E-state index contributed by atoms with van der Waals surface area (Å²) in [4.78, 5) is 25.7. The number of amides is 1. The van der Waals surface area contributed by atoms with Gasteiger partial charge in [-0.15, -0.1) is 0 Å². The fourth-order valence-corrected chi connectivity index (χ4v) is 2.65. The molecule has 4 nitrogen and oxygen atoms in total. The Labute approximate surface area is 135 Å². The molecule has 0 aromatic heterocycles. The molecule has 1 amide bonds. The number of carbonyl (C=O) groups excluding carboxylic acids is 2. The molecule has 3 rings (SSSR count). The third-order valence-electron chi connectivity index (χ3n) is 4.17. The Kier molecular flexibility index (Phi) is 4.15. The van der Waals surface area contributed by atoms with Crippen LogP contribution in [-0.4, -0.2) is 18.4 Å². The Morgan fingerprint density at radius 2 is 1.78 bits per heavy atom. The molecule has 1 fully saturated rings. The summed E-state index contributed by atoms with van der Waals surface area (Å²) in [6.45, 7) is 4.72. The Morgan fingerprint density at radius 3 is 2.39 bits per heavy atom. The van der Waals surface area contributed by atoms with Crippen LogP contribution in [0.25, 0.3) is 0 Å². The molecular formula is C19H19NO3. The van der Waals surface area contributed by atoms with E-state index in [2.05, 4.69) is 0 Å². The Morgan fingerprint density at radius 1 is 1.04 bits per heavy atom. The van der Waals surface area contributed by atoms with Crippen molar-refractivity contribution in [1.82, 2.24) is 0 Å². The van der Waals surface area contributed by atoms with Crippen molar-refractivity contribution in [2.75, 3.05) is 11.4 Å². The van der Waals surface area contributed by atoms with Gasteiger partial charge in [0.2, 0.25) is 5.91 Å². The standard InChI is InChI=1S/C19H19NO3/c1-13-5-6-15(12-14(13)2)19(22)23-17-9-7-16(8-10-17)20-11-3-4-18(20)21/h5-10,12H,3-4,11H2,1-2H3. The minimum atomic E-state index is -0.377. The number of aryl methyl sites for hydroxylation is 2. The van der Waals surface area contributed by atoms with Crippen molar-refractivity contribution in [3.05, 3.63) is 59.2 Å². The normalized spacial score (nSPS) is 14.2. The van der Waals surface area contributed by atoms with E-state index in [1.54, 1.807) is 23.1 Å². The van der Waals surface area contributed by atoms with Gasteiger partial charge in [0.05, 0.1) is 5.56 Å². The number of rotatable bonds is 3. The summed E-state index contributed by atoms with van der Waals surface area (Å²) in [5, 5.41) is 0. The van der Waals surface area contributed by atoms with Gasteiger partial charge in [-0.05, 0) is 67.8 Å². The van der Waals surface area contributed by atoms with Crippen LogP contribution in [0.5, 0.6) is 5.75 Å². The van der Waals surface area contributed by atoms with Crippen molar-refractivity contribution >= 4 is 17.6 Å². The van der Waals surface area contributed by atoms with Gasteiger partial charge in [-0.2, -0.15) is 0 Å². The van der Waals surface area contributed by atoms with Crippen LogP contribution in [0.3, 0.4) is 0 Å². The molecule has 1 saturated heterocycles. The fourth-order valence-electron chi connectivity index (χ4n) is 2.65. The van der Waals surface area contributed by atoms with E-state index in [0.717, 1.165) is 29.8 Å². The number of anilines is 1. The second-order valence-corrected chi connectivity index (χ2v) is 5.83. The van der Waals surface area contributed by atoms with E-state index >= 15 is 0 Å². The maximum atomic E-state index is 12.2. The van der Waals surface area contributed by atoms with Crippen LogP contribution < -0.4 is 9.64 Å². The molecule has 2 aromatic carbocycles. The van der Waals surface area contributed by atoms with Gasteiger partial charge >= 0.3 is 5.97 Å². The number of nitrogens with zero attached hydrogens (tertiary/aromatic N) is 1. The van der Waals surface area contributed by atoms with Crippen molar-refractivity contribution in [2.45, 2.75) is 26.7 Å². The van der Waals surface area contributed by atoms with Gasteiger partial charge < -0.3 is 9.64 Å². The Hall–Kier alpha value is -2.62. The van der Waals surface area contributed by atoms with Crippen molar-refractivity contribution < 1.29 is 14.3 Å². The molecule has 0 spiro atoms. The highest BCUT2D eigenvalue weighted by Crippen LogP contribution is 2.24. The van der Waals surface area contributed by atoms with Gasteiger partial charge in [0.25, 0.3) is 0 Å². The second kappa shape index (κ2) is 6.24. The number of carbonyl (C=O) groups is 2. The van der Waals surface area contributed by atoms with Crippen LogP contribution in [-0.2, 0) is 4.79 Å². The molecule has 0 bridgehead atoms. The molecule has 0 atom stereocenters. The predicted octanol–water partition coefficient (Wildman–Crippen LogP) is 3.65. The molecule has 0 N–H and O–H groups in total. The molecule has 0 saturated carbocycles. The van der Waals surface area contributed by atoms with E-state index in [4.69, 9.17) is 4.74 Å². The molecule has 1 aliphatic rings. The fraction of sp³-hybridized carbons (Fsp3) is 0.263. The highest BCUT2D eigenvalue weighted by molar-refractivity contribution is 5.95. The van der Waals surface area contributed by atoms with Gasteiger partial charge in [-0.3, -0.25) is 4.79 Å². The first-order valence-corrected chi connectivity index (χ1v) is 7.74. The third kappa shape index (κ3) is 3.26. The third-order valence-corrected chi connectivity index (χ3v) is 4.17. The number of hydrogen-bond acceptors (Lipinski definition) is 3. The van der Waals surface area contributed by atoms with E-state index in [-0.39, 0.29) is 11.9 Å². The molecule has 1 heterocycles. The van der Waals surface area contributed by atoms with Crippen molar-refractivity contribution in [3.8, 4) is 5.75 Å². The molecule has 2 aromatic rings. The van der Waals surface area contributed by atoms with Gasteiger partial charge in [-0.25, -0.2) is 4.79 Å². The molecule has 0 aliphatic carbocycles. The summed E-state index contributed by atoms with van der Waals surface area (Å²) in [7, 11) is 0. The first-order chi connectivity index (χ1) is 11.0. The van der Waals surface area contributed by atoms with Crippen LogP contribution >= 0.6 is 0 Å². The lowest BCUT2D eigenvalue weighted by Gasteiger charge is -2.15. The van der Waals surface area contributed by atoms with E-state index in [1.165, 1.54) is 0 Å². The van der Waals surface area contributed by atoms with E-state index in [1.807, 2.05) is 38.1 Å². The lowest BCUT2D eigenvalue weighted by molar-refractivity contribution is -0.117. The van der Waals surface area contributed by atoms with Gasteiger partial charge in [0, 0.05) is 18.7 Å².